The minimum atomic E-state index is -0.549. The van der Waals surface area contributed by atoms with Crippen LogP contribution >= 0.6 is 0 Å². The van der Waals surface area contributed by atoms with E-state index >= 15 is 0 Å². The molecule has 0 saturated carbocycles. The van der Waals surface area contributed by atoms with Gasteiger partial charge in [0.15, 0.2) is 0 Å². The highest BCUT2D eigenvalue weighted by molar-refractivity contribution is 6.05. The number of fused-ring (bicyclic) bond motifs is 1. The van der Waals surface area contributed by atoms with Gasteiger partial charge >= 0.3 is 0 Å². The molecule has 1 aliphatic heterocycles. The normalized spacial score (nSPS) is 22.0. The van der Waals surface area contributed by atoms with Crippen LogP contribution in [0, 0.1) is 22.0 Å². The molecule has 1 N–H and O–H groups in total. The number of nitro benzene ring substituents is 1. The summed E-state index contributed by atoms with van der Waals surface area (Å²) in [6.07, 6.45) is 4.89. The summed E-state index contributed by atoms with van der Waals surface area (Å²) in [6, 6.07) is 5.59. The van der Waals surface area contributed by atoms with Crippen LogP contribution in [0.1, 0.15) is 19.3 Å². The minimum Gasteiger partial charge on any atom is -0.326 e. The van der Waals surface area contributed by atoms with Crippen LogP contribution < -0.4 is 5.32 Å². The molecule has 1 aromatic rings. The van der Waals surface area contributed by atoms with Gasteiger partial charge in [-0.2, -0.15) is 0 Å². The van der Waals surface area contributed by atoms with E-state index in [1.165, 1.54) is 24.3 Å². The molecule has 0 radical (unpaired) electrons. The standard InChI is InChI=1S/C17H17N3O5/c21-15(18-11-4-3-5-12(10-11)20(24)25)8-9-19-16(22)13-6-1-2-7-14(13)17(19)23/h1-5,10,13-14H,6-9H2,(H,18,21)/t13-,14+. The summed E-state index contributed by atoms with van der Waals surface area (Å²) in [5.74, 6) is -1.46. The van der Waals surface area contributed by atoms with Crippen LogP contribution in [0.2, 0.25) is 0 Å². The Morgan fingerprint density at radius 2 is 1.84 bits per heavy atom. The van der Waals surface area contributed by atoms with E-state index < -0.39 is 10.8 Å². The van der Waals surface area contributed by atoms with Crippen molar-refractivity contribution in [2.45, 2.75) is 19.3 Å². The summed E-state index contributed by atoms with van der Waals surface area (Å²) in [5, 5.41) is 13.3. The first-order chi connectivity index (χ1) is 12.0. The van der Waals surface area contributed by atoms with Crippen molar-refractivity contribution < 1.29 is 19.3 Å². The molecule has 8 nitrogen and oxygen atoms in total. The van der Waals surface area contributed by atoms with Gasteiger partial charge in [-0.3, -0.25) is 29.4 Å². The summed E-state index contributed by atoms with van der Waals surface area (Å²) in [4.78, 5) is 48.0. The predicted molar refractivity (Wildman–Crippen MR) is 88.4 cm³/mol. The van der Waals surface area contributed by atoms with Crippen LogP contribution in [0.5, 0.6) is 0 Å². The van der Waals surface area contributed by atoms with Crippen molar-refractivity contribution in [3.8, 4) is 0 Å². The zero-order valence-corrected chi connectivity index (χ0v) is 13.4. The van der Waals surface area contributed by atoms with E-state index in [0.29, 0.717) is 18.5 Å². The Balaban J connectivity index is 1.58. The van der Waals surface area contributed by atoms with Crippen LogP contribution in [-0.2, 0) is 14.4 Å². The third-order valence-electron chi connectivity index (χ3n) is 4.50. The fourth-order valence-electron chi connectivity index (χ4n) is 3.22. The quantitative estimate of drug-likeness (QED) is 0.380. The number of carbonyl (C=O) groups is 3. The highest BCUT2D eigenvalue weighted by Crippen LogP contribution is 2.35. The van der Waals surface area contributed by atoms with Crippen LogP contribution in [0.25, 0.3) is 0 Å². The van der Waals surface area contributed by atoms with Gasteiger partial charge in [-0.25, -0.2) is 0 Å². The van der Waals surface area contributed by atoms with Gasteiger partial charge in [0.25, 0.3) is 5.69 Å². The highest BCUT2D eigenvalue weighted by Gasteiger charge is 2.46. The number of non-ortho nitro benzene ring substituents is 1. The molecule has 3 amide bonds. The zero-order chi connectivity index (χ0) is 18.0. The number of likely N-dealkylation sites (tertiary alicyclic amines) is 1. The number of imide groups is 1. The van der Waals surface area contributed by atoms with Crippen molar-refractivity contribution in [1.29, 1.82) is 0 Å². The molecule has 0 unspecified atom stereocenters. The van der Waals surface area contributed by atoms with Crippen LogP contribution in [0.15, 0.2) is 36.4 Å². The topological polar surface area (TPSA) is 110 Å². The number of nitrogens with one attached hydrogen (secondary N) is 1. The van der Waals surface area contributed by atoms with Crippen molar-refractivity contribution in [3.63, 3.8) is 0 Å². The Morgan fingerprint density at radius 3 is 2.44 bits per heavy atom. The second-order valence-electron chi connectivity index (χ2n) is 6.09. The molecule has 1 aromatic carbocycles. The van der Waals surface area contributed by atoms with E-state index in [2.05, 4.69) is 5.32 Å². The summed E-state index contributed by atoms with van der Waals surface area (Å²) in [5.41, 5.74) is 0.176. The van der Waals surface area contributed by atoms with Crippen molar-refractivity contribution in [2.24, 2.45) is 11.8 Å². The van der Waals surface area contributed by atoms with E-state index in [1.54, 1.807) is 0 Å². The molecule has 0 spiro atoms. The Hall–Kier alpha value is -3.03. The molecule has 130 valence electrons. The van der Waals surface area contributed by atoms with Crippen molar-refractivity contribution >= 4 is 29.1 Å². The molecule has 2 atom stereocenters. The summed E-state index contributed by atoms with van der Waals surface area (Å²) >= 11 is 0. The smallest absolute Gasteiger partial charge is 0.271 e. The van der Waals surface area contributed by atoms with Crippen LogP contribution in [-0.4, -0.2) is 34.1 Å². The lowest BCUT2D eigenvalue weighted by atomic mass is 9.85. The minimum absolute atomic E-state index is 0.0193. The zero-order valence-electron chi connectivity index (χ0n) is 13.4. The van der Waals surface area contributed by atoms with Gasteiger partial charge in [0.05, 0.1) is 16.8 Å². The third-order valence-corrected chi connectivity index (χ3v) is 4.50. The van der Waals surface area contributed by atoms with Gasteiger partial charge in [-0.15, -0.1) is 0 Å². The van der Waals surface area contributed by atoms with Gasteiger partial charge in [0, 0.05) is 30.8 Å². The van der Waals surface area contributed by atoms with Gasteiger partial charge in [0.1, 0.15) is 0 Å². The Bertz CT molecular complexity index is 747. The molecule has 25 heavy (non-hydrogen) atoms. The predicted octanol–water partition coefficient (Wildman–Crippen LogP) is 1.87. The lowest BCUT2D eigenvalue weighted by molar-refractivity contribution is -0.384. The van der Waals surface area contributed by atoms with Gasteiger partial charge in [0.2, 0.25) is 17.7 Å². The van der Waals surface area contributed by atoms with E-state index in [9.17, 15) is 24.5 Å². The number of hydrogen-bond donors (Lipinski definition) is 1. The van der Waals surface area contributed by atoms with Gasteiger partial charge in [-0.1, -0.05) is 18.2 Å². The average Bonchev–Trinajstić information content (AvgIpc) is 2.85. The van der Waals surface area contributed by atoms with Gasteiger partial charge < -0.3 is 5.32 Å². The van der Waals surface area contributed by atoms with Crippen molar-refractivity contribution in [2.75, 3.05) is 11.9 Å². The first-order valence-corrected chi connectivity index (χ1v) is 8.02. The fraction of sp³-hybridized carbons (Fsp3) is 0.353. The number of rotatable bonds is 5. The Morgan fingerprint density at radius 1 is 1.20 bits per heavy atom. The SMILES string of the molecule is O=C(CCN1C(=O)[C@H]2CC=CC[C@H]2C1=O)Nc1cccc([N+](=O)[O-])c1. The molecule has 3 rings (SSSR count). The molecule has 1 heterocycles. The largest absolute Gasteiger partial charge is 0.326 e. The maximum Gasteiger partial charge on any atom is 0.271 e. The van der Waals surface area contributed by atoms with Crippen molar-refractivity contribution in [3.05, 3.63) is 46.5 Å². The first-order valence-electron chi connectivity index (χ1n) is 8.02. The molecule has 1 saturated heterocycles. The van der Waals surface area contributed by atoms with E-state index in [-0.39, 0.29) is 42.3 Å². The number of hydrogen-bond acceptors (Lipinski definition) is 5. The van der Waals surface area contributed by atoms with Crippen LogP contribution in [0.3, 0.4) is 0 Å². The first kappa shape index (κ1) is 16.8. The molecular weight excluding hydrogens is 326 g/mol. The summed E-state index contributed by atoms with van der Waals surface area (Å²) < 4.78 is 0. The number of carbonyl (C=O) groups excluding carboxylic acids is 3. The number of amides is 3. The summed E-state index contributed by atoms with van der Waals surface area (Å²) in [7, 11) is 0. The second kappa shape index (κ2) is 6.84. The maximum absolute atomic E-state index is 12.3. The lowest BCUT2D eigenvalue weighted by Gasteiger charge is -2.14. The molecular formula is C17H17N3O5. The Kier molecular flexibility index (Phi) is 4.60. The number of nitrogens with zero attached hydrogens (tertiary/aromatic N) is 2. The Labute approximate surface area is 143 Å². The second-order valence-corrected chi connectivity index (χ2v) is 6.09. The van der Waals surface area contributed by atoms with E-state index in [4.69, 9.17) is 0 Å². The number of allylic oxidation sites excluding steroid dienone is 2. The number of anilines is 1. The molecule has 1 aliphatic carbocycles. The van der Waals surface area contributed by atoms with E-state index in [1.807, 2.05) is 12.2 Å². The monoisotopic (exact) mass is 343 g/mol. The summed E-state index contributed by atoms with van der Waals surface area (Å²) in [6.45, 7) is 0.0193. The number of benzene rings is 1. The average molecular weight is 343 g/mol. The third kappa shape index (κ3) is 3.42. The maximum atomic E-state index is 12.3. The van der Waals surface area contributed by atoms with Crippen LogP contribution in [0.4, 0.5) is 11.4 Å². The number of nitro groups is 1. The molecule has 0 bridgehead atoms. The fourth-order valence-corrected chi connectivity index (χ4v) is 3.22. The highest BCUT2D eigenvalue weighted by atomic mass is 16.6. The lowest BCUT2D eigenvalue weighted by Crippen LogP contribution is -2.34. The van der Waals surface area contributed by atoms with E-state index in [0.717, 1.165) is 4.90 Å². The molecule has 2 aliphatic rings. The van der Waals surface area contributed by atoms with Crippen molar-refractivity contribution in [1.82, 2.24) is 4.90 Å². The molecule has 8 heteroatoms. The molecule has 1 fully saturated rings. The molecule has 0 aromatic heterocycles. The van der Waals surface area contributed by atoms with Gasteiger partial charge in [-0.05, 0) is 18.9 Å².